The van der Waals surface area contributed by atoms with Crippen LogP contribution in [0.3, 0.4) is 0 Å². The van der Waals surface area contributed by atoms with Crippen LogP contribution in [0.1, 0.15) is 6.92 Å². The van der Waals surface area contributed by atoms with Crippen LogP contribution in [0.25, 0.3) is 33.9 Å². The molecule has 4 aromatic rings. The zero-order valence-corrected chi connectivity index (χ0v) is 13.7. The van der Waals surface area contributed by atoms with E-state index in [2.05, 4.69) is 22.0 Å². The maximum atomic E-state index is 13.9. The second-order valence-corrected chi connectivity index (χ2v) is 5.51. The molecule has 0 aliphatic heterocycles. The number of hydrogen-bond acceptors (Lipinski definition) is 5. The summed E-state index contributed by atoms with van der Waals surface area (Å²) in [6, 6.07) is 10.3. The smallest absolute Gasteiger partial charge is 0.258 e. The Hall–Kier alpha value is -3.22. The lowest BCUT2D eigenvalue weighted by molar-refractivity contribution is 0.386. The lowest BCUT2D eigenvalue weighted by atomic mass is 10.2. The first kappa shape index (κ1) is 15.3. The lowest BCUT2D eigenvalue weighted by Gasteiger charge is -2.01. The van der Waals surface area contributed by atoms with Crippen LogP contribution in [0.4, 0.5) is 4.39 Å². The molecule has 7 heteroatoms. The van der Waals surface area contributed by atoms with Crippen molar-refractivity contribution in [2.75, 3.05) is 7.11 Å². The normalized spacial score (nSPS) is 11.2. The van der Waals surface area contributed by atoms with E-state index in [0.29, 0.717) is 11.4 Å². The molecule has 0 N–H and O–H groups in total. The number of aromatic nitrogens is 4. The number of ether oxygens (including phenoxy) is 1. The molecule has 0 fully saturated rings. The highest BCUT2D eigenvalue weighted by Gasteiger charge is 2.14. The third-order valence-corrected chi connectivity index (χ3v) is 4.04. The Bertz CT molecular complexity index is 1050. The zero-order chi connectivity index (χ0) is 17.4. The summed E-state index contributed by atoms with van der Waals surface area (Å²) in [4.78, 5) is 8.73. The van der Waals surface area contributed by atoms with E-state index < -0.39 is 5.82 Å². The summed E-state index contributed by atoms with van der Waals surface area (Å²) in [7, 11) is 1.42. The molecular formula is C18H15FN4O2. The van der Waals surface area contributed by atoms with Crippen molar-refractivity contribution in [1.29, 1.82) is 0 Å². The number of halogens is 1. The first-order valence-electron chi connectivity index (χ1n) is 7.82. The summed E-state index contributed by atoms with van der Waals surface area (Å²) < 4.78 is 26.1. The second kappa shape index (κ2) is 6.01. The number of nitrogens with zero attached hydrogens (tertiary/aromatic N) is 4. The topological polar surface area (TPSA) is 66.0 Å². The van der Waals surface area contributed by atoms with Gasteiger partial charge >= 0.3 is 0 Å². The molecular weight excluding hydrogens is 323 g/mol. The van der Waals surface area contributed by atoms with Gasteiger partial charge in [-0.2, -0.15) is 4.98 Å². The Morgan fingerprint density at radius 2 is 2.00 bits per heavy atom. The number of benzene rings is 2. The van der Waals surface area contributed by atoms with E-state index in [-0.39, 0.29) is 11.6 Å². The second-order valence-electron chi connectivity index (χ2n) is 5.51. The molecule has 0 aliphatic rings. The number of fused-ring (bicyclic) bond motifs is 1. The molecule has 2 aromatic heterocycles. The van der Waals surface area contributed by atoms with E-state index in [9.17, 15) is 4.39 Å². The molecule has 0 saturated carbocycles. The minimum absolute atomic E-state index is 0.168. The lowest BCUT2D eigenvalue weighted by Crippen LogP contribution is -1.91. The van der Waals surface area contributed by atoms with Gasteiger partial charge in [0.05, 0.1) is 24.5 Å². The minimum atomic E-state index is -0.479. The van der Waals surface area contributed by atoms with Crippen LogP contribution >= 0.6 is 0 Å². The fourth-order valence-corrected chi connectivity index (χ4v) is 2.71. The average molecular weight is 338 g/mol. The van der Waals surface area contributed by atoms with Gasteiger partial charge in [0.15, 0.2) is 11.6 Å². The SMILES string of the molecule is CCn1cnc2ccc(-c3noc(-c4ccc(OC)c(F)c4)n3)cc21. The monoisotopic (exact) mass is 338 g/mol. The molecule has 4 rings (SSSR count). The van der Waals surface area contributed by atoms with E-state index in [1.54, 1.807) is 12.4 Å². The third-order valence-electron chi connectivity index (χ3n) is 4.04. The van der Waals surface area contributed by atoms with E-state index in [1.807, 2.05) is 22.8 Å². The van der Waals surface area contributed by atoms with E-state index in [1.165, 1.54) is 19.2 Å². The third kappa shape index (κ3) is 2.63. The van der Waals surface area contributed by atoms with Gasteiger partial charge in [0.25, 0.3) is 5.89 Å². The van der Waals surface area contributed by atoms with Gasteiger partial charge in [-0.3, -0.25) is 0 Å². The summed E-state index contributed by atoms with van der Waals surface area (Å²) in [6.45, 7) is 2.88. The Labute approximate surface area is 142 Å². The largest absolute Gasteiger partial charge is 0.494 e. The van der Waals surface area contributed by atoms with Crippen molar-refractivity contribution in [1.82, 2.24) is 19.7 Å². The molecule has 0 bridgehead atoms. The fraction of sp³-hybridized carbons (Fsp3) is 0.167. The van der Waals surface area contributed by atoms with Crippen molar-refractivity contribution in [2.24, 2.45) is 0 Å². The van der Waals surface area contributed by atoms with Crippen molar-refractivity contribution in [2.45, 2.75) is 13.5 Å². The maximum Gasteiger partial charge on any atom is 0.258 e. The molecule has 126 valence electrons. The average Bonchev–Trinajstić information content (AvgIpc) is 3.28. The van der Waals surface area contributed by atoms with Crippen LogP contribution in [0.5, 0.6) is 5.75 Å². The van der Waals surface area contributed by atoms with E-state index in [4.69, 9.17) is 9.26 Å². The molecule has 0 unspecified atom stereocenters. The van der Waals surface area contributed by atoms with Crippen LogP contribution < -0.4 is 4.74 Å². The van der Waals surface area contributed by atoms with Crippen LogP contribution in [0, 0.1) is 5.82 Å². The standard InChI is InChI=1S/C18H15FN4O2/c1-3-23-10-20-14-6-4-11(9-15(14)23)17-21-18(25-22-17)12-5-7-16(24-2)13(19)8-12/h4-10H,3H2,1-2H3. The van der Waals surface area contributed by atoms with Gasteiger partial charge in [0, 0.05) is 17.7 Å². The van der Waals surface area contributed by atoms with Gasteiger partial charge in [-0.25, -0.2) is 9.37 Å². The molecule has 0 radical (unpaired) electrons. The Morgan fingerprint density at radius 3 is 2.76 bits per heavy atom. The number of hydrogen-bond donors (Lipinski definition) is 0. The maximum absolute atomic E-state index is 13.9. The van der Waals surface area contributed by atoms with Gasteiger partial charge in [0.1, 0.15) is 0 Å². The van der Waals surface area contributed by atoms with Crippen LogP contribution in [0.15, 0.2) is 47.2 Å². The van der Waals surface area contributed by atoms with Gasteiger partial charge in [-0.1, -0.05) is 5.16 Å². The van der Waals surface area contributed by atoms with Crippen LogP contribution in [-0.4, -0.2) is 26.8 Å². The van der Waals surface area contributed by atoms with Crippen molar-refractivity contribution >= 4 is 11.0 Å². The van der Waals surface area contributed by atoms with Crippen LogP contribution in [-0.2, 0) is 6.54 Å². The summed E-state index contributed by atoms with van der Waals surface area (Å²) in [6.07, 6.45) is 1.80. The quantitative estimate of drug-likeness (QED) is 0.564. The molecule has 0 aliphatic carbocycles. The molecule has 0 amide bonds. The highest BCUT2D eigenvalue weighted by atomic mass is 19.1. The van der Waals surface area contributed by atoms with Gasteiger partial charge in [0.2, 0.25) is 5.82 Å². The number of imidazole rings is 1. The highest BCUT2D eigenvalue weighted by Crippen LogP contribution is 2.27. The predicted octanol–water partition coefficient (Wildman–Crippen LogP) is 3.92. The number of methoxy groups -OCH3 is 1. The summed E-state index contributed by atoms with van der Waals surface area (Å²) in [5, 5.41) is 4.01. The fourth-order valence-electron chi connectivity index (χ4n) is 2.71. The molecule has 0 atom stereocenters. The highest BCUT2D eigenvalue weighted by molar-refractivity contribution is 5.80. The van der Waals surface area contributed by atoms with Crippen molar-refractivity contribution in [3.63, 3.8) is 0 Å². The van der Waals surface area contributed by atoms with Gasteiger partial charge in [-0.05, 0) is 43.3 Å². The summed E-state index contributed by atoms with van der Waals surface area (Å²) in [5.74, 6) is 0.382. The number of rotatable bonds is 4. The molecule has 0 spiro atoms. The zero-order valence-electron chi connectivity index (χ0n) is 13.7. The Balaban J connectivity index is 1.72. The number of aryl methyl sites for hydroxylation is 1. The van der Waals surface area contributed by atoms with E-state index in [0.717, 1.165) is 23.1 Å². The molecule has 2 heterocycles. The molecule has 6 nitrogen and oxygen atoms in total. The van der Waals surface area contributed by atoms with Crippen molar-refractivity contribution < 1.29 is 13.7 Å². The van der Waals surface area contributed by atoms with E-state index >= 15 is 0 Å². The van der Waals surface area contributed by atoms with Gasteiger partial charge < -0.3 is 13.8 Å². The molecule has 25 heavy (non-hydrogen) atoms. The molecule has 2 aromatic carbocycles. The summed E-state index contributed by atoms with van der Waals surface area (Å²) in [5.41, 5.74) is 3.22. The summed E-state index contributed by atoms with van der Waals surface area (Å²) >= 11 is 0. The Morgan fingerprint density at radius 1 is 1.16 bits per heavy atom. The van der Waals surface area contributed by atoms with Gasteiger partial charge in [-0.15, -0.1) is 0 Å². The van der Waals surface area contributed by atoms with Crippen LogP contribution in [0.2, 0.25) is 0 Å². The minimum Gasteiger partial charge on any atom is -0.494 e. The van der Waals surface area contributed by atoms with Crippen molar-refractivity contribution in [3.8, 4) is 28.6 Å². The first-order valence-corrected chi connectivity index (χ1v) is 7.82. The predicted molar refractivity (Wildman–Crippen MR) is 90.6 cm³/mol. The first-order chi connectivity index (χ1) is 12.2. The Kier molecular flexibility index (Phi) is 3.68. The molecule has 0 saturated heterocycles. The van der Waals surface area contributed by atoms with Crippen molar-refractivity contribution in [3.05, 3.63) is 48.5 Å².